The third kappa shape index (κ3) is 5.45. The summed E-state index contributed by atoms with van der Waals surface area (Å²) >= 11 is 0. The minimum absolute atomic E-state index is 0.0601. The topological polar surface area (TPSA) is 98.7 Å². The third-order valence-corrected chi connectivity index (χ3v) is 3.08. The molecular weight excluding hydrogens is 282 g/mol. The van der Waals surface area contributed by atoms with E-state index in [0.29, 0.717) is 12.2 Å². The SMILES string of the molecule is CCN(CCO)c1ccc(NC(=O)NS(C)(=O)=O)cc1. The largest absolute Gasteiger partial charge is 0.395 e. The zero-order valence-corrected chi connectivity index (χ0v) is 12.3. The van der Waals surface area contributed by atoms with Crippen molar-refractivity contribution >= 4 is 27.4 Å². The molecule has 0 spiro atoms. The van der Waals surface area contributed by atoms with Gasteiger partial charge in [0.25, 0.3) is 0 Å². The maximum Gasteiger partial charge on any atom is 0.332 e. The van der Waals surface area contributed by atoms with Gasteiger partial charge in [-0.25, -0.2) is 17.9 Å². The molecule has 1 aromatic rings. The van der Waals surface area contributed by atoms with Crippen LogP contribution in [0.15, 0.2) is 24.3 Å². The van der Waals surface area contributed by atoms with Gasteiger partial charge in [0.15, 0.2) is 0 Å². The average molecular weight is 301 g/mol. The van der Waals surface area contributed by atoms with Crippen LogP contribution in [0.1, 0.15) is 6.92 Å². The molecule has 1 rings (SSSR count). The van der Waals surface area contributed by atoms with Gasteiger partial charge in [-0.05, 0) is 31.2 Å². The van der Waals surface area contributed by atoms with Gasteiger partial charge >= 0.3 is 6.03 Å². The lowest BCUT2D eigenvalue weighted by molar-refractivity contribution is 0.256. The van der Waals surface area contributed by atoms with Gasteiger partial charge in [-0.3, -0.25) is 0 Å². The molecule has 1 aromatic carbocycles. The summed E-state index contributed by atoms with van der Waals surface area (Å²) in [6.07, 6.45) is 0.906. The van der Waals surface area contributed by atoms with Crippen LogP contribution in [0.25, 0.3) is 0 Å². The fourth-order valence-electron chi connectivity index (χ4n) is 1.67. The smallest absolute Gasteiger partial charge is 0.332 e. The molecular formula is C12H19N3O4S. The minimum atomic E-state index is -3.57. The van der Waals surface area contributed by atoms with E-state index in [1.54, 1.807) is 24.3 Å². The van der Waals surface area contributed by atoms with E-state index in [9.17, 15) is 13.2 Å². The van der Waals surface area contributed by atoms with Crippen molar-refractivity contribution in [1.29, 1.82) is 0 Å². The van der Waals surface area contributed by atoms with Crippen LogP contribution < -0.4 is 14.9 Å². The van der Waals surface area contributed by atoms with E-state index in [2.05, 4.69) is 5.32 Å². The molecule has 0 unspecified atom stereocenters. The first kappa shape index (κ1) is 16.3. The lowest BCUT2D eigenvalue weighted by Gasteiger charge is -2.22. The van der Waals surface area contributed by atoms with Gasteiger partial charge in [-0.15, -0.1) is 0 Å². The molecule has 0 aliphatic heterocycles. The number of anilines is 2. The van der Waals surface area contributed by atoms with Crippen molar-refractivity contribution in [3.05, 3.63) is 24.3 Å². The van der Waals surface area contributed by atoms with E-state index < -0.39 is 16.1 Å². The Morgan fingerprint density at radius 1 is 1.30 bits per heavy atom. The monoisotopic (exact) mass is 301 g/mol. The number of rotatable bonds is 6. The summed E-state index contributed by atoms with van der Waals surface area (Å²) < 4.78 is 23.6. The second-order valence-electron chi connectivity index (χ2n) is 4.18. The molecule has 7 nitrogen and oxygen atoms in total. The van der Waals surface area contributed by atoms with Crippen LogP contribution in [0.5, 0.6) is 0 Å². The standard InChI is InChI=1S/C12H19N3O4S/c1-3-15(8-9-16)11-6-4-10(5-7-11)13-12(17)14-20(2,18)19/h4-7,16H,3,8-9H2,1-2H3,(H2,13,14,17). The highest BCUT2D eigenvalue weighted by Crippen LogP contribution is 2.17. The molecule has 8 heteroatoms. The molecule has 0 heterocycles. The van der Waals surface area contributed by atoms with Crippen LogP contribution in [0.2, 0.25) is 0 Å². The van der Waals surface area contributed by atoms with Crippen LogP contribution in [-0.4, -0.2) is 45.5 Å². The first-order chi connectivity index (χ1) is 9.35. The van der Waals surface area contributed by atoms with E-state index in [1.165, 1.54) is 0 Å². The van der Waals surface area contributed by atoms with E-state index in [0.717, 1.165) is 18.5 Å². The predicted molar refractivity (Wildman–Crippen MR) is 78.4 cm³/mol. The summed E-state index contributed by atoms with van der Waals surface area (Å²) in [7, 11) is -3.57. The maximum atomic E-state index is 11.4. The van der Waals surface area contributed by atoms with Crippen molar-refractivity contribution in [3.63, 3.8) is 0 Å². The van der Waals surface area contributed by atoms with Crippen molar-refractivity contribution in [2.45, 2.75) is 6.92 Å². The van der Waals surface area contributed by atoms with Crippen molar-refractivity contribution in [2.24, 2.45) is 0 Å². The van der Waals surface area contributed by atoms with E-state index >= 15 is 0 Å². The van der Waals surface area contributed by atoms with E-state index in [1.807, 2.05) is 16.5 Å². The number of aliphatic hydroxyl groups is 1. The number of nitrogens with one attached hydrogen (secondary N) is 2. The summed E-state index contributed by atoms with van der Waals surface area (Å²) in [4.78, 5) is 13.3. The number of benzene rings is 1. The van der Waals surface area contributed by atoms with Gasteiger partial charge < -0.3 is 15.3 Å². The molecule has 0 saturated carbocycles. The number of hydrogen-bond acceptors (Lipinski definition) is 5. The first-order valence-electron chi connectivity index (χ1n) is 6.10. The van der Waals surface area contributed by atoms with Crippen molar-refractivity contribution in [1.82, 2.24) is 4.72 Å². The van der Waals surface area contributed by atoms with E-state index in [-0.39, 0.29) is 6.61 Å². The van der Waals surface area contributed by atoms with E-state index in [4.69, 9.17) is 5.11 Å². The highest BCUT2D eigenvalue weighted by molar-refractivity contribution is 7.89. The molecule has 0 aliphatic carbocycles. The summed E-state index contributed by atoms with van der Waals surface area (Å²) in [6.45, 7) is 3.31. The number of likely N-dealkylation sites (N-methyl/N-ethyl adjacent to an activating group) is 1. The zero-order valence-electron chi connectivity index (χ0n) is 11.5. The Bertz CT molecular complexity index is 542. The Labute approximate surface area is 118 Å². The lowest BCUT2D eigenvalue weighted by atomic mass is 10.2. The molecule has 0 saturated heterocycles. The number of sulfonamides is 1. The van der Waals surface area contributed by atoms with Crippen LogP contribution >= 0.6 is 0 Å². The second-order valence-corrected chi connectivity index (χ2v) is 5.93. The molecule has 112 valence electrons. The number of nitrogens with zero attached hydrogens (tertiary/aromatic N) is 1. The molecule has 20 heavy (non-hydrogen) atoms. The fraction of sp³-hybridized carbons (Fsp3) is 0.417. The molecule has 3 N–H and O–H groups in total. The molecule has 0 aliphatic rings. The van der Waals surface area contributed by atoms with Gasteiger partial charge in [0.2, 0.25) is 10.0 Å². The van der Waals surface area contributed by atoms with Crippen LogP contribution in [0.3, 0.4) is 0 Å². The Morgan fingerprint density at radius 2 is 1.90 bits per heavy atom. The first-order valence-corrected chi connectivity index (χ1v) is 7.99. The molecule has 0 atom stereocenters. The third-order valence-electron chi connectivity index (χ3n) is 2.52. The Balaban J connectivity index is 2.69. The Hall–Kier alpha value is -1.80. The number of carbonyl (C=O) groups excluding carboxylic acids is 1. The minimum Gasteiger partial charge on any atom is -0.395 e. The summed E-state index contributed by atoms with van der Waals surface area (Å²) in [6, 6.07) is 6.10. The second kappa shape index (κ2) is 7.11. The molecule has 0 bridgehead atoms. The highest BCUT2D eigenvalue weighted by Gasteiger charge is 2.08. The van der Waals surface area contributed by atoms with Crippen LogP contribution in [0, 0.1) is 0 Å². The molecule has 0 aromatic heterocycles. The van der Waals surface area contributed by atoms with Crippen molar-refractivity contribution < 1.29 is 18.3 Å². The van der Waals surface area contributed by atoms with Crippen molar-refractivity contribution in [2.75, 3.05) is 36.2 Å². The van der Waals surface area contributed by atoms with Gasteiger partial charge in [-0.1, -0.05) is 0 Å². The summed E-state index contributed by atoms with van der Waals surface area (Å²) in [5.41, 5.74) is 1.39. The fourth-order valence-corrected chi connectivity index (χ4v) is 2.06. The molecule has 0 radical (unpaired) electrons. The van der Waals surface area contributed by atoms with Gasteiger partial charge in [-0.2, -0.15) is 0 Å². The normalized spacial score (nSPS) is 10.9. The van der Waals surface area contributed by atoms with Gasteiger partial charge in [0.05, 0.1) is 12.9 Å². The average Bonchev–Trinajstić information content (AvgIpc) is 2.34. The zero-order chi connectivity index (χ0) is 15.2. The summed E-state index contributed by atoms with van der Waals surface area (Å²) in [5, 5.41) is 11.4. The van der Waals surface area contributed by atoms with Crippen LogP contribution in [-0.2, 0) is 10.0 Å². The van der Waals surface area contributed by atoms with Crippen molar-refractivity contribution in [3.8, 4) is 0 Å². The Morgan fingerprint density at radius 3 is 2.35 bits per heavy atom. The number of carbonyl (C=O) groups is 1. The highest BCUT2D eigenvalue weighted by atomic mass is 32.2. The van der Waals surface area contributed by atoms with Gasteiger partial charge in [0.1, 0.15) is 0 Å². The number of amides is 2. The Kier molecular flexibility index (Phi) is 5.78. The molecule has 0 fully saturated rings. The van der Waals surface area contributed by atoms with Crippen LogP contribution in [0.4, 0.5) is 16.2 Å². The lowest BCUT2D eigenvalue weighted by Crippen LogP contribution is -2.33. The quantitative estimate of drug-likeness (QED) is 0.714. The number of aliphatic hydroxyl groups excluding tert-OH is 1. The number of urea groups is 1. The van der Waals surface area contributed by atoms with Gasteiger partial charge in [0, 0.05) is 24.5 Å². The number of hydrogen-bond donors (Lipinski definition) is 3. The summed E-state index contributed by atoms with van der Waals surface area (Å²) in [5.74, 6) is 0. The molecule has 2 amide bonds. The predicted octanol–water partition coefficient (Wildman–Crippen LogP) is 0.586. The maximum absolute atomic E-state index is 11.4.